The van der Waals surface area contributed by atoms with Crippen molar-refractivity contribution in [3.63, 3.8) is 0 Å². The monoisotopic (exact) mass is 193 g/mol. The molecule has 0 aliphatic heterocycles. The van der Waals surface area contributed by atoms with Gasteiger partial charge in [-0.2, -0.15) is 8.78 Å². The fourth-order valence-electron chi connectivity index (χ4n) is 0.508. The molecule has 0 bridgehead atoms. The standard InChI is InChI=1S/C6H7F6/c1-2-3(7)4(8)6(11,12)5(9)10/h3-5H,1-2H2/t3?,4-/m0/s1. The molecule has 73 valence electrons. The average Bonchev–Trinajstić information content (AvgIpc) is 2.01. The van der Waals surface area contributed by atoms with Crippen LogP contribution in [0.2, 0.25) is 0 Å². The second-order valence-corrected chi connectivity index (χ2v) is 2.18. The summed E-state index contributed by atoms with van der Waals surface area (Å²) < 4.78 is 71.0. The van der Waals surface area contributed by atoms with Crippen molar-refractivity contribution in [2.75, 3.05) is 0 Å². The van der Waals surface area contributed by atoms with E-state index in [0.717, 1.165) is 0 Å². The summed E-state index contributed by atoms with van der Waals surface area (Å²) in [5, 5.41) is 0. The molecule has 1 unspecified atom stereocenters. The number of alkyl halides is 6. The van der Waals surface area contributed by atoms with Crippen LogP contribution in [0.5, 0.6) is 0 Å². The fraction of sp³-hybridized carbons (Fsp3) is 0.833. The fourth-order valence-corrected chi connectivity index (χ4v) is 0.508. The third-order valence-corrected chi connectivity index (χ3v) is 1.25. The van der Waals surface area contributed by atoms with Crippen molar-refractivity contribution in [3.8, 4) is 0 Å². The van der Waals surface area contributed by atoms with Gasteiger partial charge in [0.25, 0.3) is 0 Å². The molecule has 6 heteroatoms. The maximum Gasteiger partial charge on any atom is 0.340 e. The molecular weight excluding hydrogens is 186 g/mol. The molecule has 12 heavy (non-hydrogen) atoms. The van der Waals surface area contributed by atoms with Gasteiger partial charge in [-0.15, -0.1) is 0 Å². The highest BCUT2D eigenvalue weighted by molar-refractivity contribution is 4.85. The first-order valence-electron chi connectivity index (χ1n) is 3.07. The van der Waals surface area contributed by atoms with Crippen molar-refractivity contribution in [1.29, 1.82) is 0 Å². The van der Waals surface area contributed by atoms with Gasteiger partial charge in [0, 0.05) is 0 Å². The minimum absolute atomic E-state index is 0.802. The lowest BCUT2D eigenvalue weighted by Crippen LogP contribution is -2.43. The van der Waals surface area contributed by atoms with Crippen molar-refractivity contribution >= 4 is 0 Å². The molecule has 0 N–H and O–H groups in total. The molecule has 2 atom stereocenters. The lowest BCUT2D eigenvalue weighted by Gasteiger charge is -2.21. The topological polar surface area (TPSA) is 0 Å². The highest BCUT2D eigenvalue weighted by atomic mass is 19.3. The van der Waals surface area contributed by atoms with Crippen molar-refractivity contribution < 1.29 is 26.3 Å². The molecule has 0 aliphatic rings. The summed E-state index contributed by atoms with van der Waals surface area (Å²) in [5.41, 5.74) is 0. The van der Waals surface area contributed by atoms with Gasteiger partial charge in [-0.05, 0) is 6.42 Å². The zero-order chi connectivity index (χ0) is 9.94. The molecule has 0 nitrogen and oxygen atoms in total. The van der Waals surface area contributed by atoms with E-state index in [2.05, 4.69) is 6.92 Å². The predicted octanol–water partition coefficient (Wildman–Crippen LogP) is 2.79. The molecule has 0 amide bonds. The van der Waals surface area contributed by atoms with Crippen LogP contribution in [0.3, 0.4) is 0 Å². The van der Waals surface area contributed by atoms with Crippen LogP contribution >= 0.6 is 0 Å². The van der Waals surface area contributed by atoms with E-state index >= 15 is 0 Å². The zero-order valence-electron chi connectivity index (χ0n) is 5.91. The average molecular weight is 193 g/mol. The van der Waals surface area contributed by atoms with Gasteiger partial charge in [-0.3, -0.25) is 0 Å². The van der Waals surface area contributed by atoms with Gasteiger partial charge >= 0.3 is 12.3 Å². The van der Waals surface area contributed by atoms with E-state index in [0.29, 0.717) is 0 Å². The van der Waals surface area contributed by atoms with E-state index in [1.165, 1.54) is 0 Å². The number of halogens is 6. The molecule has 1 radical (unpaired) electrons. The lowest BCUT2D eigenvalue weighted by molar-refractivity contribution is -0.184. The van der Waals surface area contributed by atoms with Gasteiger partial charge in [-0.1, -0.05) is 6.92 Å². The van der Waals surface area contributed by atoms with E-state index in [1.54, 1.807) is 0 Å². The summed E-state index contributed by atoms with van der Waals surface area (Å²) in [6.07, 6.45) is -11.1. The van der Waals surface area contributed by atoms with E-state index < -0.39 is 31.1 Å². The first kappa shape index (κ1) is 11.6. The Morgan fingerprint density at radius 1 is 1.08 bits per heavy atom. The Balaban J connectivity index is 4.34. The van der Waals surface area contributed by atoms with Gasteiger partial charge in [0.05, 0.1) is 0 Å². The highest BCUT2D eigenvalue weighted by Crippen LogP contribution is 2.32. The zero-order valence-corrected chi connectivity index (χ0v) is 5.91. The third-order valence-electron chi connectivity index (χ3n) is 1.25. The van der Waals surface area contributed by atoms with Crippen molar-refractivity contribution in [3.05, 3.63) is 6.92 Å². The molecule has 0 rings (SSSR count). The van der Waals surface area contributed by atoms with Crippen LogP contribution in [-0.4, -0.2) is 24.7 Å². The molecule has 0 aromatic rings. The quantitative estimate of drug-likeness (QED) is 0.602. The molecule has 0 heterocycles. The van der Waals surface area contributed by atoms with Crippen LogP contribution in [0, 0.1) is 6.92 Å². The number of rotatable bonds is 4. The van der Waals surface area contributed by atoms with Crippen LogP contribution in [-0.2, 0) is 0 Å². The maximum atomic E-state index is 12.2. The summed E-state index contributed by atoms with van der Waals surface area (Å²) in [6.45, 7) is 2.79. The van der Waals surface area contributed by atoms with Crippen LogP contribution in [0.15, 0.2) is 0 Å². The predicted molar refractivity (Wildman–Crippen MR) is 30.7 cm³/mol. The lowest BCUT2D eigenvalue weighted by atomic mass is 10.1. The smallest absolute Gasteiger partial charge is 0.244 e. The summed E-state index contributed by atoms with van der Waals surface area (Å²) in [7, 11) is 0. The van der Waals surface area contributed by atoms with Crippen molar-refractivity contribution in [2.45, 2.75) is 31.1 Å². The molecule has 0 saturated carbocycles. The highest BCUT2D eigenvalue weighted by Gasteiger charge is 2.52. The third kappa shape index (κ3) is 2.28. The minimum Gasteiger partial charge on any atom is -0.244 e. The van der Waals surface area contributed by atoms with Crippen LogP contribution < -0.4 is 0 Å². The molecule has 0 aromatic heterocycles. The van der Waals surface area contributed by atoms with Crippen LogP contribution in [0.25, 0.3) is 0 Å². The summed E-state index contributed by atoms with van der Waals surface area (Å²) in [6, 6.07) is 0. The van der Waals surface area contributed by atoms with Gasteiger partial charge in [0.2, 0.25) is 6.17 Å². The maximum absolute atomic E-state index is 12.2. The Labute approximate surface area is 65.6 Å². The Hall–Kier alpha value is -0.420. The van der Waals surface area contributed by atoms with Gasteiger partial charge in [0.1, 0.15) is 6.17 Å². The Morgan fingerprint density at radius 2 is 1.50 bits per heavy atom. The first-order chi connectivity index (χ1) is 5.34. The summed E-state index contributed by atoms with van der Waals surface area (Å²) in [5.74, 6) is -4.93. The van der Waals surface area contributed by atoms with Gasteiger partial charge in [-0.25, -0.2) is 17.6 Å². The molecule has 0 fully saturated rings. The summed E-state index contributed by atoms with van der Waals surface area (Å²) in [4.78, 5) is 0. The van der Waals surface area contributed by atoms with E-state index in [4.69, 9.17) is 0 Å². The second-order valence-electron chi connectivity index (χ2n) is 2.18. The minimum atomic E-state index is -4.93. The van der Waals surface area contributed by atoms with E-state index in [-0.39, 0.29) is 0 Å². The molecule has 0 spiro atoms. The molecule has 0 saturated heterocycles. The molecular formula is C6H7F6. The van der Waals surface area contributed by atoms with E-state index in [1.807, 2.05) is 0 Å². The largest absolute Gasteiger partial charge is 0.340 e. The molecule has 0 aromatic carbocycles. The van der Waals surface area contributed by atoms with Crippen molar-refractivity contribution in [2.24, 2.45) is 0 Å². The van der Waals surface area contributed by atoms with E-state index in [9.17, 15) is 26.3 Å². The Morgan fingerprint density at radius 3 is 1.75 bits per heavy atom. The van der Waals surface area contributed by atoms with Gasteiger partial charge < -0.3 is 0 Å². The van der Waals surface area contributed by atoms with Crippen LogP contribution in [0.1, 0.15) is 6.42 Å². The van der Waals surface area contributed by atoms with Crippen LogP contribution in [0.4, 0.5) is 26.3 Å². The molecule has 0 aliphatic carbocycles. The first-order valence-corrected chi connectivity index (χ1v) is 3.07. The summed E-state index contributed by atoms with van der Waals surface area (Å²) >= 11 is 0. The second kappa shape index (κ2) is 4.00. The Kier molecular flexibility index (Phi) is 3.86. The van der Waals surface area contributed by atoms with Gasteiger partial charge in [0.15, 0.2) is 0 Å². The number of hydrogen-bond acceptors (Lipinski definition) is 0. The SMILES string of the molecule is [CH2]CC(F)[C@H](F)C(F)(F)C(F)F. The van der Waals surface area contributed by atoms with Crippen molar-refractivity contribution in [1.82, 2.24) is 0 Å². The normalized spacial score (nSPS) is 18.0. The number of hydrogen-bond donors (Lipinski definition) is 0. The Bertz CT molecular complexity index is 134.